The minimum atomic E-state index is -0.221. The average Bonchev–Trinajstić information content (AvgIpc) is 2.57. The van der Waals surface area contributed by atoms with Crippen LogP contribution in [0.25, 0.3) is 0 Å². The number of hydrogen-bond donors (Lipinski definition) is 1. The van der Waals surface area contributed by atoms with Crippen molar-refractivity contribution >= 4 is 11.6 Å². The van der Waals surface area contributed by atoms with Crippen LogP contribution in [0.5, 0.6) is 0 Å². The van der Waals surface area contributed by atoms with Crippen molar-refractivity contribution < 1.29 is 23.7 Å². The molecule has 6 heteroatoms. The molecule has 1 aromatic rings. The number of ether oxygens (including phenoxy) is 4. The predicted molar refractivity (Wildman–Crippen MR) is 87.3 cm³/mol. The minimum absolute atomic E-state index is 0.0232. The highest BCUT2D eigenvalue weighted by Gasteiger charge is 2.02. The Balaban J connectivity index is 1.98. The number of hydrogen-bond acceptors (Lipinski definition) is 5. The van der Waals surface area contributed by atoms with E-state index in [2.05, 4.69) is 11.2 Å². The largest absolute Gasteiger partial charge is 0.382 e. The summed E-state index contributed by atoms with van der Waals surface area (Å²) in [4.78, 5) is 11.7. The van der Waals surface area contributed by atoms with Gasteiger partial charge in [-0.1, -0.05) is 5.92 Å². The second kappa shape index (κ2) is 12.6. The molecule has 0 saturated carbocycles. The Kier molecular flexibility index (Phi) is 10.5. The van der Waals surface area contributed by atoms with Crippen LogP contribution in [0.15, 0.2) is 24.3 Å². The van der Waals surface area contributed by atoms with E-state index >= 15 is 0 Å². The van der Waals surface area contributed by atoms with Crippen molar-refractivity contribution in [3.63, 3.8) is 0 Å². The van der Waals surface area contributed by atoms with Crippen molar-refractivity contribution in [2.75, 3.05) is 58.7 Å². The third-order valence-electron chi connectivity index (χ3n) is 2.74. The molecule has 0 fully saturated rings. The number of benzene rings is 1. The van der Waals surface area contributed by atoms with Gasteiger partial charge in [-0.2, -0.15) is 0 Å². The lowest BCUT2D eigenvalue weighted by Crippen LogP contribution is -2.20. The molecule has 0 heterocycles. The van der Waals surface area contributed by atoms with E-state index in [1.54, 1.807) is 31.4 Å². The maximum absolute atomic E-state index is 11.7. The molecule has 0 atom stereocenters. The van der Waals surface area contributed by atoms with Gasteiger partial charge in [0.25, 0.3) is 0 Å². The van der Waals surface area contributed by atoms with Crippen LogP contribution in [0.4, 0.5) is 5.69 Å². The highest BCUT2D eigenvalue weighted by Crippen LogP contribution is 2.08. The van der Waals surface area contributed by atoms with E-state index in [4.69, 9.17) is 25.4 Å². The fraction of sp³-hybridized carbons (Fsp3) is 0.471. The lowest BCUT2D eigenvalue weighted by Gasteiger charge is -2.07. The highest BCUT2D eigenvalue weighted by atomic mass is 16.6. The molecule has 1 rings (SSSR count). The van der Waals surface area contributed by atoms with Gasteiger partial charge in [0.1, 0.15) is 6.61 Å². The molecule has 0 spiro atoms. The summed E-state index contributed by atoms with van der Waals surface area (Å²) in [6, 6.07) is 7.03. The molecule has 0 aliphatic heterocycles. The summed E-state index contributed by atoms with van der Waals surface area (Å²) in [5.41, 5.74) is 1.45. The second-order valence-electron chi connectivity index (χ2n) is 4.54. The summed E-state index contributed by atoms with van der Waals surface area (Å²) in [6.07, 6.45) is 5.26. The van der Waals surface area contributed by atoms with Gasteiger partial charge in [-0.05, 0) is 24.3 Å². The van der Waals surface area contributed by atoms with Crippen LogP contribution in [0.3, 0.4) is 0 Å². The first-order chi connectivity index (χ1) is 11.3. The lowest BCUT2D eigenvalue weighted by atomic mass is 10.2. The van der Waals surface area contributed by atoms with E-state index in [1.807, 2.05) is 0 Å². The Morgan fingerprint density at radius 3 is 2.13 bits per heavy atom. The van der Waals surface area contributed by atoms with Crippen molar-refractivity contribution in [3.05, 3.63) is 29.8 Å². The molecule has 0 aliphatic rings. The van der Waals surface area contributed by atoms with Gasteiger partial charge in [-0.15, -0.1) is 6.42 Å². The van der Waals surface area contributed by atoms with E-state index in [9.17, 15) is 4.79 Å². The quantitative estimate of drug-likeness (QED) is 0.464. The van der Waals surface area contributed by atoms with Crippen LogP contribution in [0.2, 0.25) is 0 Å². The van der Waals surface area contributed by atoms with Gasteiger partial charge >= 0.3 is 0 Å². The van der Waals surface area contributed by atoms with Crippen LogP contribution >= 0.6 is 0 Å². The van der Waals surface area contributed by atoms with Crippen molar-refractivity contribution in [2.45, 2.75) is 0 Å². The number of carbonyl (C=O) groups is 1. The first-order valence-corrected chi connectivity index (χ1v) is 7.35. The van der Waals surface area contributed by atoms with Crippen LogP contribution in [0.1, 0.15) is 5.56 Å². The summed E-state index contributed by atoms with van der Waals surface area (Å²) in [5, 5.41) is 2.72. The van der Waals surface area contributed by atoms with Gasteiger partial charge in [0, 0.05) is 18.4 Å². The Morgan fingerprint density at radius 2 is 1.57 bits per heavy atom. The lowest BCUT2D eigenvalue weighted by molar-refractivity contribution is -0.121. The maximum atomic E-state index is 11.7. The molecule has 1 aromatic carbocycles. The van der Waals surface area contributed by atoms with Gasteiger partial charge in [0.2, 0.25) is 5.91 Å². The SMILES string of the molecule is C#Cc1ccc(NC(=O)COCCOCCOCCOC)cc1. The number of carbonyl (C=O) groups excluding carboxylic acids is 1. The zero-order valence-corrected chi connectivity index (χ0v) is 13.4. The fourth-order valence-corrected chi connectivity index (χ4v) is 1.59. The standard InChI is InChI=1S/C17H23NO5/c1-3-15-4-6-16(7-5-15)18-17(19)14-23-13-12-22-11-10-21-9-8-20-2/h1,4-7H,8-14H2,2H3,(H,18,19). The van der Waals surface area contributed by atoms with E-state index in [0.717, 1.165) is 5.56 Å². The molecule has 1 N–H and O–H groups in total. The van der Waals surface area contributed by atoms with E-state index in [-0.39, 0.29) is 12.5 Å². The van der Waals surface area contributed by atoms with Gasteiger partial charge in [-0.25, -0.2) is 0 Å². The Morgan fingerprint density at radius 1 is 1.00 bits per heavy atom. The van der Waals surface area contributed by atoms with E-state index < -0.39 is 0 Å². The summed E-state index contributed by atoms with van der Waals surface area (Å²) in [7, 11) is 1.62. The molecule has 0 bridgehead atoms. The molecule has 0 aliphatic carbocycles. The van der Waals surface area contributed by atoms with Gasteiger partial charge < -0.3 is 24.3 Å². The zero-order chi connectivity index (χ0) is 16.8. The smallest absolute Gasteiger partial charge is 0.250 e. The number of nitrogens with one attached hydrogen (secondary N) is 1. The molecule has 1 amide bonds. The number of amides is 1. The number of methoxy groups -OCH3 is 1. The van der Waals surface area contributed by atoms with E-state index in [1.165, 1.54) is 0 Å². The van der Waals surface area contributed by atoms with Crippen LogP contribution in [-0.4, -0.2) is 59.3 Å². The summed E-state index contributed by atoms with van der Waals surface area (Å²) in [5.74, 6) is 2.29. The van der Waals surface area contributed by atoms with Crippen molar-refractivity contribution in [2.24, 2.45) is 0 Å². The van der Waals surface area contributed by atoms with Crippen LogP contribution in [-0.2, 0) is 23.7 Å². The van der Waals surface area contributed by atoms with Gasteiger partial charge in [0.05, 0.1) is 39.6 Å². The van der Waals surface area contributed by atoms with Crippen LogP contribution < -0.4 is 5.32 Å². The third kappa shape index (κ3) is 9.66. The van der Waals surface area contributed by atoms with Crippen molar-refractivity contribution in [3.8, 4) is 12.3 Å². The molecule has 126 valence electrons. The molecule has 23 heavy (non-hydrogen) atoms. The fourth-order valence-electron chi connectivity index (χ4n) is 1.59. The van der Waals surface area contributed by atoms with E-state index in [0.29, 0.717) is 45.3 Å². The molecular formula is C17H23NO5. The molecule has 0 saturated heterocycles. The molecule has 0 unspecified atom stereocenters. The van der Waals surface area contributed by atoms with Crippen molar-refractivity contribution in [1.29, 1.82) is 0 Å². The number of rotatable bonds is 12. The Bertz CT molecular complexity index is 481. The first kappa shape index (κ1) is 19.1. The maximum Gasteiger partial charge on any atom is 0.250 e. The normalized spacial score (nSPS) is 10.3. The van der Waals surface area contributed by atoms with Crippen molar-refractivity contribution in [1.82, 2.24) is 0 Å². The highest BCUT2D eigenvalue weighted by molar-refractivity contribution is 5.91. The zero-order valence-electron chi connectivity index (χ0n) is 13.4. The molecular weight excluding hydrogens is 298 g/mol. The monoisotopic (exact) mass is 321 g/mol. The average molecular weight is 321 g/mol. The van der Waals surface area contributed by atoms with Crippen LogP contribution in [0, 0.1) is 12.3 Å². The number of anilines is 1. The van der Waals surface area contributed by atoms with Gasteiger partial charge in [0.15, 0.2) is 0 Å². The third-order valence-corrected chi connectivity index (χ3v) is 2.74. The predicted octanol–water partition coefficient (Wildman–Crippen LogP) is 1.30. The first-order valence-electron chi connectivity index (χ1n) is 7.35. The Labute approximate surface area is 137 Å². The second-order valence-corrected chi connectivity index (χ2v) is 4.54. The van der Waals surface area contributed by atoms with Gasteiger partial charge in [-0.3, -0.25) is 4.79 Å². The molecule has 6 nitrogen and oxygen atoms in total. The summed E-state index contributed by atoms with van der Waals surface area (Å²) >= 11 is 0. The summed E-state index contributed by atoms with van der Waals surface area (Å²) < 4.78 is 20.6. The Hall–Kier alpha value is -1.91. The molecule has 0 radical (unpaired) electrons. The minimum Gasteiger partial charge on any atom is -0.382 e. The summed E-state index contributed by atoms with van der Waals surface area (Å²) in [6.45, 7) is 2.87. The molecule has 0 aromatic heterocycles. The topological polar surface area (TPSA) is 66.0 Å². The number of terminal acetylenes is 1.